The van der Waals surface area contributed by atoms with Gasteiger partial charge in [-0.3, -0.25) is 0 Å². The molecule has 0 bridgehead atoms. The van der Waals surface area contributed by atoms with Crippen LogP contribution < -0.4 is 10.6 Å². The van der Waals surface area contributed by atoms with E-state index in [0.717, 1.165) is 6.42 Å². The molecule has 1 rings (SSSR count). The molecule has 0 aliphatic carbocycles. The summed E-state index contributed by atoms with van der Waals surface area (Å²) in [4.78, 5) is 0.231. The fraction of sp³-hybridized carbons (Fsp3) is 0.588. The van der Waals surface area contributed by atoms with Gasteiger partial charge in [0.15, 0.2) is 5.11 Å². The van der Waals surface area contributed by atoms with Crippen molar-refractivity contribution in [2.45, 2.75) is 51.5 Å². The van der Waals surface area contributed by atoms with Gasteiger partial charge in [0, 0.05) is 25.3 Å². The van der Waals surface area contributed by atoms with Crippen molar-refractivity contribution in [2.75, 3.05) is 19.4 Å². The molecule has 0 saturated heterocycles. The Morgan fingerprint density at radius 1 is 1.17 bits per heavy atom. The molecule has 0 aliphatic rings. The highest BCUT2D eigenvalue weighted by molar-refractivity contribution is 7.89. The lowest BCUT2D eigenvalue weighted by Crippen LogP contribution is -2.47. The topological polar surface area (TPSA) is 61.4 Å². The van der Waals surface area contributed by atoms with Gasteiger partial charge in [0.2, 0.25) is 10.0 Å². The predicted molar refractivity (Wildman–Crippen MR) is 105 cm³/mol. The summed E-state index contributed by atoms with van der Waals surface area (Å²) in [6.45, 7) is 10.7. The Kier molecular flexibility index (Phi) is 6.41. The largest absolute Gasteiger partial charge is 0.358 e. The van der Waals surface area contributed by atoms with Gasteiger partial charge in [0.25, 0.3) is 0 Å². The van der Waals surface area contributed by atoms with Gasteiger partial charge < -0.3 is 10.6 Å². The van der Waals surface area contributed by atoms with Crippen LogP contribution in [0.3, 0.4) is 0 Å². The molecule has 5 nitrogen and oxygen atoms in total. The Hall–Kier alpha value is -1.18. The van der Waals surface area contributed by atoms with E-state index in [4.69, 9.17) is 12.2 Å². The van der Waals surface area contributed by atoms with Crippen LogP contribution in [0.15, 0.2) is 29.2 Å². The van der Waals surface area contributed by atoms with Crippen LogP contribution in [0.1, 0.15) is 41.0 Å². The first-order valence-corrected chi connectivity index (χ1v) is 9.70. The van der Waals surface area contributed by atoms with Crippen molar-refractivity contribution in [3.05, 3.63) is 24.3 Å². The summed E-state index contributed by atoms with van der Waals surface area (Å²) in [5.74, 6) is 0. The van der Waals surface area contributed by atoms with Gasteiger partial charge in [0.05, 0.1) is 4.90 Å². The first-order valence-electron chi connectivity index (χ1n) is 7.85. The van der Waals surface area contributed by atoms with Crippen molar-refractivity contribution in [3.63, 3.8) is 0 Å². The van der Waals surface area contributed by atoms with Crippen molar-refractivity contribution < 1.29 is 8.42 Å². The summed E-state index contributed by atoms with van der Waals surface area (Å²) in [7, 11) is -0.444. The molecule has 0 amide bonds. The minimum atomic E-state index is -3.46. The van der Waals surface area contributed by atoms with Crippen LogP contribution >= 0.6 is 12.2 Å². The standard InChI is InChI=1S/C17H29N3O2S2/c1-16(2,3)12-17(4,5)19-15(23)18-13-9-8-10-14(11-13)24(21,22)20(6)7/h8-11H,12H2,1-7H3,(H2,18,19,23). The third-order valence-corrected chi connectivity index (χ3v) is 5.31. The lowest BCUT2D eigenvalue weighted by molar-refractivity contribution is 0.268. The minimum absolute atomic E-state index is 0.171. The van der Waals surface area contributed by atoms with Crippen LogP contribution in [-0.2, 0) is 10.0 Å². The highest BCUT2D eigenvalue weighted by Gasteiger charge is 2.26. The van der Waals surface area contributed by atoms with E-state index in [1.807, 2.05) is 0 Å². The second-order valence-electron chi connectivity index (χ2n) is 8.02. The molecule has 24 heavy (non-hydrogen) atoms. The third-order valence-electron chi connectivity index (χ3n) is 3.29. The van der Waals surface area contributed by atoms with E-state index in [2.05, 4.69) is 45.3 Å². The van der Waals surface area contributed by atoms with E-state index in [9.17, 15) is 8.42 Å². The predicted octanol–water partition coefficient (Wildman–Crippen LogP) is 3.44. The number of anilines is 1. The maximum absolute atomic E-state index is 12.2. The van der Waals surface area contributed by atoms with Crippen LogP contribution in [0.4, 0.5) is 5.69 Å². The fourth-order valence-electron chi connectivity index (χ4n) is 2.78. The van der Waals surface area contributed by atoms with Gasteiger partial charge in [-0.1, -0.05) is 26.8 Å². The molecule has 1 aromatic carbocycles. The van der Waals surface area contributed by atoms with Crippen molar-refractivity contribution in [2.24, 2.45) is 5.41 Å². The zero-order chi connectivity index (χ0) is 18.8. The van der Waals surface area contributed by atoms with Gasteiger partial charge in [-0.15, -0.1) is 0 Å². The molecule has 0 radical (unpaired) electrons. The molecule has 2 N–H and O–H groups in total. The van der Waals surface area contributed by atoms with Crippen LogP contribution in [0.5, 0.6) is 0 Å². The van der Waals surface area contributed by atoms with E-state index in [0.29, 0.717) is 10.8 Å². The van der Waals surface area contributed by atoms with Crippen LogP contribution in [-0.4, -0.2) is 37.5 Å². The second-order valence-corrected chi connectivity index (χ2v) is 10.6. The summed E-state index contributed by atoms with van der Waals surface area (Å²) >= 11 is 5.38. The normalized spacial score (nSPS) is 13.0. The summed E-state index contributed by atoms with van der Waals surface area (Å²) in [5.41, 5.74) is 0.642. The molecular formula is C17H29N3O2S2. The first-order chi connectivity index (χ1) is 10.7. The number of hydrogen-bond acceptors (Lipinski definition) is 3. The molecule has 0 aromatic heterocycles. The van der Waals surface area contributed by atoms with Crippen LogP contribution in [0.25, 0.3) is 0 Å². The Morgan fingerprint density at radius 2 is 1.75 bits per heavy atom. The number of nitrogens with zero attached hydrogens (tertiary/aromatic N) is 1. The Balaban J connectivity index is 2.86. The zero-order valence-corrected chi connectivity index (χ0v) is 17.2. The highest BCUT2D eigenvalue weighted by atomic mass is 32.2. The number of rotatable bonds is 5. The number of benzene rings is 1. The number of thiocarbonyl (C=S) groups is 1. The average Bonchev–Trinajstić information content (AvgIpc) is 2.34. The molecule has 0 atom stereocenters. The SMILES string of the molecule is CN(C)S(=O)(=O)c1cccc(NC(=S)NC(C)(C)CC(C)(C)C)c1. The van der Waals surface area contributed by atoms with Gasteiger partial charge in [-0.2, -0.15) is 0 Å². The van der Waals surface area contributed by atoms with Gasteiger partial charge in [0.1, 0.15) is 0 Å². The van der Waals surface area contributed by atoms with Crippen LogP contribution in [0, 0.1) is 5.41 Å². The maximum atomic E-state index is 12.2. The molecular weight excluding hydrogens is 342 g/mol. The van der Waals surface area contributed by atoms with Crippen molar-refractivity contribution >= 4 is 33.0 Å². The fourth-order valence-corrected chi connectivity index (χ4v) is 4.13. The molecule has 0 spiro atoms. The third kappa shape index (κ3) is 6.37. The van der Waals surface area contributed by atoms with E-state index in [1.165, 1.54) is 18.4 Å². The summed E-state index contributed by atoms with van der Waals surface area (Å²) in [5, 5.41) is 6.85. The summed E-state index contributed by atoms with van der Waals surface area (Å²) in [6, 6.07) is 6.64. The van der Waals surface area contributed by atoms with E-state index < -0.39 is 10.0 Å². The smallest absolute Gasteiger partial charge is 0.242 e. The van der Waals surface area contributed by atoms with E-state index in [-0.39, 0.29) is 15.8 Å². The molecule has 1 aromatic rings. The van der Waals surface area contributed by atoms with Gasteiger partial charge in [-0.25, -0.2) is 12.7 Å². The van der Waals surface area contributed by atoms with E-state index in [1.54, 1.807) is 24.3 Å². The lowest BCUT2D eigenvalue weighted by atomic mass is 9.82. The average molecular weight is 372 g/mol. The molecule has 136 valence electrons. The van der Waals surface area contributed by atoms with Crippen molar-refractivity contribution in [3.8, 4) is 0 Å². The van der Waals surface area contributed by atoms with Crippen molar-refractivity contribution in [1.82, 2.24) is 9.62 Å². The molecule has 0 fully saturated rings. The monoisotopic (exact) mass is 371 g/mol. The van der Waals surface area contributed by atoms with Crippen molar-refractivity contribution in [1.29, 1.82) is 0 Å². The molecule has 0 saturated carbocycles. The Bertz CT molecular complexity index is 690. The quantitative estimate of drug-likeness (QED) is 0.777. The number of nitrogens with one attached hydrogen (secondary N) is 2. The van der Waals surface area contributed by atoms with Gasteiger partial charge >= 0.3 is 0 Å². The molecule has 0 aliphatic heterocycles. The highest BCUT2D eigenvalue weighted by Crippen LogP contribution is 2.27. The maximum Gasteiger partial charge on any atom is 0.242 e. The zero-order valence-electron chi connectivity index (χ0n) is 15.6. The lowest BCUT2D eigenvalue weighted by Gasteiger charge is -2.34. The van der Waals surface area contributed by atoms with Crippen LogP contribution in [0.2, 0.25) is 0 Å². The Morgan fingerprint density at radius 3 is 2.25 bits per heavy atom. The molecule has 0 heterocycles. The Labute approximate surface area is 151 Å². The second kappa shape index (κ2) is 7.37. The minimum Gasteiger partial charge on any atom is -0.358 e. The van der Waals surface area contributed by atoms with E-state index >= 15 is 0 Å². The molecule has 7 heteroatoms. The first kappa shape index (κ1) is 20.9. The summed E-state index contributed by atoms with van der Waals surface area (Å²) in [6.07, 6.45) is 0.941. The number of hydrogen-bond donors (Lipinski definition) is 2. The number of sulfonamides is 1. The molecule has 0 unspecified atom stereocenters. The van der Waals surface area contributed by atoms with Gasteiger partial charge in [-0.05, 0) is 56.1 Å². The summed E-state index contributed by atoms with van der Waals surface area (Å²) < 4.78 is 25.6.